The van der Waals surface area contributed by atoms with Gasteiger partial charge >= 0.3 is 0 Å². The highest BCUT2D eigenvalue weighted by Crippen LogP contribution is 2.33. The quantitative estimate of drug-likeness (QED) is 0.324. The summed E-state index contributed by atoms with van der Waals surface area (Å²) in [6.07, 6.45) is 1.50. The largest absolute Gasteiger partial charge is 0.504 e. The van der Waals surface area contributed by atoms with Crippen LogP contribution in [0.25, 0.3) is 6.08 Å². The molecule has 1 aliphatic heterocycles. The van der Waals surface area contributed by atoms with E-state index in [1.807, 2.05) is 22.6 Å². The number of methoxy groups -OCH3 is 1. The summed E-state index contributed by atoms with van der Waals surface area (Å²) in [5.41, 5.74) is 0.626. The molecule has 1 fully saturated rings. The van der Waals surface area contributed by atoms with E-state index in [0.717, 1.165) is 0 Å². The molecular formula is C16H17IN2O4S. The first-order chi connectivity index (χ1) is 11.3. The van der Waals surface area contributed by atoms with Crippen molar-refractivity contribution in [3.63, 3.8) is 0 Å². The third kappa shape index (κ3) is 3.25. The number of thiocarbonyl (C=S) groups is 1. The molecule has 6 nitrogen and oxygen atoms in total. The maximum Gasteiger partial charge on any atom is 0.265 e. The van der Waals surface area contributed by atoms with Gasteiger partial charge in [-0.3, -0.25) is 19.4 Å². The lowest BCUT2D eigenvalue weighted by Crippen LogP contribution is -2.55. The van der Waals surface area contributed by atoms with Gasteiger partial charge in [0.25, 0.3) is 11.8 Å². The Morgan fingerprint density at radius 2 is 1.75 bits per heavy atom. The van der Waals surface area contributed by atoms with E-state index in [-0.39, 0.29) is 22.2 Å². The zero-order chi connectivity index (χ0) is 18.0. The lowest BCUT2D eigenvalue weighted by molar-refractivity contribution is -0.133. The molecule has 1 saturated heterocycles. The molecule has 1 N–H and O–H groups in total. The van der Waals surface area contributed by atoms with Crippen molar-refractivity contribution in [1.29, 1.82) is 0 Å². The van der Waals surface area contributed by atoms with Gasteiger partial charge in [0, 0.05) is 13.1 Å². The topological polar surface area (TPSA) is 70.1 Å². The smallest absolute Gasteiger partial charge is 0.265 e. The van der Waals surface area contributed by atoms with Crippen LogP contribution in [0, 0.1) is 3.57 Å². The zero-order valence-corrected chi connectivity index (χ0v) is 16.5. The van der Waals surface area contributed by atoms with Crippen molar-refractivity contribution in [3.05, 3.63) is 26.8 Å². The average Bonchev–Trinajstić information content (AvgIpc) is 2.55. The predicted octanol–water partition coefficient (Wildman–Crippen LogP) is 2.38. The highest BCUT2D eigenvalue weighted by Gasteiger charge is 2.37. The summed E-state index contributed by atoms with van der Waals surface area (Å²) in [5, 5.41) is 10.1. The van der Waals surface area contributed by atoms with Crippen molar-refractivity contribution in [2.45, 2.75) is 13.8 Å². The van der Waals surface area contributed by atoms with E-state index in [9.17, 15) is 14.7 Å². The first-order valence-corrected chi connectivity index (χ1v) is 8.80. The van der Waals surface area contributed by atoms with Crippen LogP contribution in [-0.2, 0) is 9.59 Å². The van der Waals surface area contributed by atoms with E-state index in [1.54, 1.807) is 26.0 Å². The normalized spacial score (nSPS) is 15.2. The maximum atomic E-state index is 12.6. The predicted molar refractivity (Wildman–Crippen MR) is 103 cm³/mol. The Morgan fingerprint density at radius 1 is 1.21 bits per heavy atom. The lowest BCUT2D eigenvalue weighted by Gasteiger charge is -2.35. The number of phenols is 1. The van der Waals surface area contributed by atoms with E-state index < -0.39 is 11.8 Å². The summed E-state index contributed by atoms with van der Waals surface area (Å²) < 4.78 is 5.68. The van der Waals surface area contributed by atoms with E-state index >= 15 is 0 Å². The van der Waals surface area contributed by atoms with E-state index in [0.29, 0.717) is 22.2 Å². The average molecular weight is 460 g/mol. The Labute approximate surface area is 159 Å². The highest BCUT2D eigenvalue weighted by molar-refractivity contribution is 14.1. The number of rotatable bonds is 4. The van der Waals surface area contributed by atoms with Gasteiger partial charge in [0.1, 0.15) is 5.57 Å². The number of nitrogens with zero attached hydrogens (tertiary/aromatic N) is 2. The molecule has 0 aromatic heterocycles. The van der Waals surface area contributed by atoms with Crippen molar-refractivity contribution >= 4 is 57.8 Å². The van der Waals surface area contributed by atoms with Crippen LogP contribution in [0.15, 0.2) is 17.7 Å². The second-order valence-electron chi connectivity index (χ2n) is 4.99. The second-order valence-corrected chi connectivity index (χ2v) is 6.52. The van der Waals surface area contributed by atoms with Crippen molar-refractivity contribution in [3.8, 4) is 11.5 Å². The van der Waals surface area contributed by atoms with Crippen LogP contribution < -0.4 is 4.74 Å². The number of benzene rings is 1. The van der Waals surface area contributed by atoms with Crippen molar-refractivity contribution in [2.24, 2.45) is 0 Å². The standard InChI is InChI=1S/C16H17IN2O4S/c1-4-18-14(21)10(15(22)19(5-2)16(18)24)6-9-7-11(17)13(20)12(8-9)23-3/h6-8,20H,4-5H2,1-3H3. The molecule has 24 heavy (non-hydrogen) atoms. The number of carbonyl (C=O) groups excluding carboxylic acids is 2. The SMILES string of the molecule is CCN1C(=O)C(=Cc2cc(I)c(O)c(OC)c2)C(=O)N(CC)C1=S. The molecule has 2 amide bonds. The van der Waals surface area contributed by atoms with Gasteiger partial charge in [0.2, 0.25) is 0 Å². The molecule has 1 aromatic carbocycles. The molecule has 0 unspecified atom stereocenters. The van der Waals surface area contributed by atoms with Gasteiger partial charge in [0.15, 0.2) is 16.6 Å². The molecule has 1 heterocycles. The number of phenolic OH excluding ortho intramolecular Hbond substituents is 1. The molecule has 0 spiro atoms. The van der Waals surface area contributed by atoms with Crippen LogP contribution in [0.2, 0.25) is 0 Å². The number of carbonyl (C=O) groups is 2. The molecule has 0 atom stereocenters. The molecule has 2 rings (SSSR count). The summed E-state index contributed by atoms with van der Waals surface area (Å²) in [6, 6.07) is 3.25. The first kappa shape index (κ1) is 18.7. The Kier molecular flexibility index (Phi) is 5.81. The molecule has 1 aromatic rings. The van der Waals surface area contributed by atoms with Gasteiger partial charge in [-0.15, -0.1) is 0 Å². The van der Waals surface area contributed by atoms with Gasteiger partial charge in [-0.2, -0.15) is 0 Å². The molecule has 128 valence electrons. The molecule has 0 bridgehead atoms. The fourth-order valence-electron chi connectivity index (χ4n) is 2.38. The van der Waals surface area contributed by atoms with E-state index in [2.05, 4.69) is 0 Å². The number of hydrogen-bond acceptors (Lipinski definition) is 5. The van der Waals surface area contributed by atoms with Gasteiger partial charge < -0.3 is 9.84 Å². The van der Waals surface area contributed by atoms with Gasteiger partial charge in [-0.05, 0) is 72.4 Å². The molecule has 1 aliphatic rings. The monoisotopic (exact) mass is 460 g/mol. The lowest BCUT2D eigenvalue weighted by atomic mass is 10.1. The number of halogens is 1. The van der Waals surface area contributed by atoms with Gasteiger partial charge in [0.05, 0.1) is 10.7 Å². The number of amides is 2. The minimum absolute atomic E-state index is 0.0214. The van der Waals surface area contributed by atoms with E-state index in [4.69, 9.17) is 17.0 Å². The number of likely N-dealkylation sites (N-methyl/N-ethyl adjacent to an activating group) is 2. The maximum absolute atomic E-state index is 12.6. The van der Waals surface area contributed by atoms with Crippen LogP contribution >= 0.6 is 34.8 Å². The molecule has 0 saturated carbocycles. The molecular weight excluding hydrogens is 443 g/mol. The number of aromatic hydroxyl groups is 1. The Balaban J connectivity index is 2.54. The number of ether oxygens (including phenoxy) is 1. The van der Waals surface area contributed by atoms with Gasteiger partial charge in [-0.25, -0.2) is 0 Å². The van der Waals surface area contributed by atoms with Crippen molar-refractivity contribution in [1.82, 2.24) is 9.80 Å². The first-order valence-electron chi connectivity index (χ1n) is 7.31. The number of hydrogen-bond donors (Lipinski definition) is 1. The van der Waals surface area contributed by atoms with E-state index in [1.165, 1.54) is 23.0 Å². The van der Waals surface area contributed by atoms with Crippen molar-refractivity contribution < 1.29 is 19.4 Å². The summed E-state index contributed by atoms with van der Waals surface area (Å²) in [7, 11) is 1.44. The summed E-state index contributed by atoms with van der Waals surface area (Å²) in [5.74, 6) is -0.536. The molecule has 8 heteroatoms. The van der Waals surface area contributed by atoms with Crippen LogP contribution in [-0.4, -0.2) is 52.0 Å². The summed E-state index contributed by atoms with van der Waals surface area (Å²) >= 11 is 7.18. The fourth-order valence-corrected chi connectivity index (χ4v) is 3.43. The van der Waals surface area contributed by atoms with Crippen molar-refractivity contribution in [2.75, 3.05) is 20.2 Å². The van der Waals surface area contributed by atoms with Gasteiger partial charge in [-0.1, -0.05) is 0 Å². The molecule has 0 radical (unpaired) electrons. The fraction of sp³-hybridized carbons (Fsp3) is 0.312. The summed E-state index contributed by atoms with van der Waals surface area (Å²) in [6.45, 7) is 4.38. The van der Waals surface area contributed by atoms with Crippen LogP contribution in [0.1, 0.15) is 19.4 Å². The summed E-state index contributed by atoms with van der Waals surface area (Å²) in [4.78, 5) is 28.0. The Morgan fingerprint density at radius 3 is 2.21 bits per heavy atom. The molecule has 0 aliphatic carbocycles. The zero-order valence-electron chi connectivity index (χ0n) is 13.5. The van der Waals surface area contributed by atoms with Crippen LogP contribution in [0.3, 0.4) is 0 Å². The van der Waals surface area contributed by atoms with Crippen LogP contribution in [0.5, 0.6) is 11.5 Å². The second kappa shape index (κ2) is 7.47. The third-order valence-electron chi connectivity index (χ3n) is 3.63. The Hall–Kier alpha value is -1.68. The minimum atomic E-state index is -0.417. The third-order valence-corrected chi connectivity index (χ3v) is 4.89. The minimum Gasteiger partial charge on any atom is -0.504 e. The highest BCUT2D eigenvalue weighted by atomic mass is 127. The van der Waals surface area contributed by atoms with Crippen LogP contribution in [0.4, 0.5) is 0 Å². The Bertz CT molecular complexity index is 720.